The molecule has 2 aromatic rings. The van der Waals surface area contributed by atoms with Gasteiger partial charge in [-0.2, -0.15) is 0 Å². The molecule has 4 heteroatoms. The number of halogens is 1. The summed E-state index contributed by atoms with van der Waals surface area (Å²) in [4.78, 5) is 12.2. The van der Waals surface area contributed by atoms with Crippen molar-refractivity contribution < 1.29 is 9.90 Å². The predicted octanol–water partition coefficient (Wildman–Crippen LogP) is 3.11. The highest BCUT2D eigenvalue weighted by atomic mass is 35.5. The van der Waals surface area contributed by atoms with Crippen molar-refractivity contribution in [3.05, 3.63) is 70.2 Å². The van der Waals surface area contributed by atoms with E-state index in [4.69, 9.17) is 11.6 Å². The van der Waals surface area contributed by atoms with E-state index in [9.17, 15) is 9.90 Å². The molecular weight excluding hydrogens is 274 g/mol. The largest absolute Gasteiger partial charge is 0.394 e. The van der Waals surface area contributed by atoms with Gasteiger partial charge in [0, 0.05) is 10.6 Å². The van der Waals surface area contributed by atoms with Gasteiger partial charge >= 0.3 is 0 Å². The molecule has 0 radical (unpaired) electrons. The van der Waals surface area contributed by atoms with Crippen LogP contribution in [0.2, 0.25) is 5.02 Å². The Labute approximate surface area is 123 Å². The van der Waals surface area contributed by atoms with Gasteiger partial charge in [-0.3, -0.25) is 4.79 Å². The van der Waals surface area contributed by atoms with Crippen LogP contribution >= 0.6 is 11.6 Å². The Kier molecular flexibility index (Phi) is 4.77. The monoisotopic (exact) mass is 289 g/mol. The number of rotatable bonds is 4. The van der Waals surface area contributed by atoms with Gasteiger partial charge in [0.1, 0.15) is 0 Å². The Morgan fingerprint density at radius 2 is 1.95 bits per heavy atom. The molecule has 20 heavy (non-hydrogen) atoms. The van der Waals surface area contributed by atoms with E-state index in [1.54, 1.807) is 18.2 Å². The third kappa shape index (κ3) is 3.38. The molecule has 1 atom stereocenters. The molecule has 0 aromatic heterocycles. The molecule has 0 aliphatic heterocycles. The Morgan fingerprint density at radius 1 is 1.25 bits per heavy atom. The lowest BCUT2D eigenvalue weighted by atomic mass is 10.1. The van der Waals surface area contributed by atoms with Crippen LogP contribution < -0.4 is 5.32 Å². The van der Waals surface area contributed by atoms with Gasteiger partial charge in [0.2, 0.25) is 0 Å². The van der Waals surface area contributed by atoms with E-state index in [0.29, 0.717) is 10.6 Å². The number of hydrogen-bond donors (Lipinski definition) is 2. The van der Waals surface area contributed by atoms with Gasteiger partial charge in [0.05, 0.1) is 12.6 Å². The van der Waals surface area contributed by atoms with Crippen molar-refractivity contribution in [2.45, 2.75) is 13.0 Å². The minimum Gasteiger partial charge on any atom is -0.394 e. The summed E-state index contributed by atoms with van der Waals surface area (Å²) >= 11 is 6.02. The summed E-state index contributed by atoms with van der Waals surface area (Å²) in [6, 6.07) is 14.1. The first kappa shape index (κ1) is 14.6. The fourth-order valence-corrected chi connectivity index (χ4v) is 2.08. The summed E-state index contributed by atoms with van der Waals surface area (Å²) in [6.07, 6.45) is 0. The predicted molar refractivity (Wildman–Crippen MR) is 79.9 cm³/mol. The number of aryl methyl sites for hydroxylation is 1. The zero-order valence-electron chi connectivity index (χ0n) is 11.1. The average Bonchev–Trinajstić information content (AvgIpc) is 2.48. The van der Waals surface area contributed by atoms with Crippen molar-refractivity contribution in [3.8, 4) is 0 Å². The van der Waals surface area contributed by atoms with Crippen LogP contribution in [-0.2, 0) is 0 Å². The van der Waals surface area contributed by atoms with E-state index in [2.05, 4.69) is 5.32 Å². The Hall–Kier alpha value is -1.84. The first-order chi connectivity index (χ1) is 9.61. The second-order valence-electron chi connectivity index (χ2n) is 4.58. The van der Waals surface area contributed by atoms with E-state index in [-0.39, 0.29) is 12.5 Å². The van der Waals surface area contributed by atoms with Crippen LogP contribution in [0.3, 0.4) is 0 Å². The maximum Gasteiger partial charge on any atom is 0.251 e. The quantitative estimate of drug-likeness (QED) is 0.908. The van der Waals surface area contributed by atoms with Gasteiger partial charge < -0.3 is 10.4 Å². The minimum atomic E-state index is -0.427. The van der Waals surface area contributed by atoms with E-state index < -0.39 is 6.04 Å². The molecule has 0 saturated carbocycles. The van der Waals surface area contributed by atoms with Gasteiger partial charge in [-0.05, 0) is 30.2 Å². The van der Waals surface area contributed by atoms with Crippen LogP contribution in [0, 0.1) is 6.92 Å². The second kappa shape index (κ2) is 6.55. The Morgan fingerprint density at radius 3 is 2.55 bits per heavy atom. The normalized spacial score (nSPS) is 11.9. The highest BCUT2D eigenvalue weighted by Gasteiger charge is 2.15. The number of benzene rings is 2. The molecule has 1 unspecified atom stereocenters. The van der Waals surface area contributed by atoms with Gasteiger partial charge in [-0.15, -0.1) is 0 Å². The van der Waals surface area contributed by atoms with E-state index in [1.165, 1.54) is 0 Å². The molecule has 104 valence electrons. The molecule has 0 spiro atoms. The van der Waals surface area contributed by atoms with Crippen LogP contribution in [0.5, 0.6) is 0 Å². The van der Waals surface area contributed by atoms with Gasteiger partial charge in [0.15, 0.2) is 0 Å². The SMILES string of the molecule is Cc1ccc(C(=O)NC(CO)c2ccccc2)cc1Cl. The zero-order valence-corrected chi connectivity index (χ0v) is 11.9. The Balaban J connectivity index is 2.15. The lowest BCUT2D eigenvalue weighted by Crippen LogP contribution is -2.30. The lowest BCUT2D eigenvalue weighted by Gasteiger charge is -2.17. The number of nitrogens with one attached hydrogen (secondary N) is 1. The van der Waals surface area contributed by atoms with Crippen molar-refractivity contribution in [3.63, 3.8) is 0 Å². The molecule has 0 fully saturated rings. The molecule has 0 aliphatic rings. The third-order valence-corrected chi connectivity index (χ3v) is 3.53. The molecule has 0 bridgehead atoms. The average molecular weight is 290 g/mol. The first-order valence-corrected chi connectivity index (χ1v) is 6.72. The van der Waals surface area contributed by atoms with E-state index in [1.807, 2.05) is 37.3 Å². The fraction of sp³-hybridized carbons (Fsp3) is 0.188. The van der Waals surface area contributed by atoms with Gasteiger partial charge in [0.25, 0.3) is 5.91 Å². The maximum absolute atomic E-state index is 12.2. The number of amides is 1. The molecule has 0 heterocycles. The van der Waals surface area contributed by atoms with Crippen LogP contribution in [0.25, 0.3) is 0 Å². The summed E-state index contributed by atoms with van der Waals surface area (Å²) in [5, 5.41) is 12.8. The summed E-state index contributed by atoms with van der Waals surface area (Å²) in [6.45, 7) is 1.72. The lowest BCUT2D eigenvalue weighted by molar-refractivity contribution is 0.0916. The molecule has 0 saturated heterocycles. The number of aliphatic hydroxyl groups is 1. The molecule has 3 nitrogen and oxygen atoms in total. The Bertz CT molecular complexity index is 599. The third-order valence-electron chi connectivity index (χ3n) is 3.12. The summed E-state index contributed by atoms with van der Waals surface area (Å²) in [5.74, 6) is -0.255. The van der Waals surface area contributed by atoms with Crippen molar-refractivity contribution in [1.29, 1.82) is 0 Å². The highest BCUT2D eigenvalue weighted by Crippen LogP contribution is 2.18. The number of carbonyl (C=O) groups excluding carboxylic acids is 1. The molecule has 2 N–H and O–H groups in total. The van der Waals surface area contributed by atoms with Crippen LogP contribution in [-0.4, -0.2) is 17.6 Å². The van der Waals surface area contributed by atoms with Crippen LogP contribution in [0.15, 0.2) is 48.5 Å². The molecule has 2 aromatic carbocycles. The van der Waals surface area contributed by atoms with Crippen molar-refractivity contribution in [2.24, 2.45) is 0 Å². The van der Waals surface area contributed by atoms with Crippen molar-refractivity contribution in [1.82, 2.24) is 5.32 Å². The minimum absolute atomic E-state index is 0.157. The summed E-state index contributed by atoms with van der Waals surface area (Å²) < 4.78 is 0. The highest BCUT2D eigenvalue weighted by molar-refractivity contribution is 6.31. The molecule has 1 amide bonds. The second-order valence-corrected chi connectivity index (χ2v) is 4.99. The van der Waals surface area contributed by atoms with Crippen LogP contribution in [0.4, 0.5) is 0 Å². The zero-order chi connectivity index (χ0) is 14.5. The van der Waals surface area contributed by atoms with Gasteiger partial charge in [-0.1, -0.05) is 48.0 Å². The topological polar surface area (TPSA) is 49.3 Å². The first-order valence-electron chi connectivity index (χ1n) is 6.34. The number of hydrogen-bond acceptors (Lipinski definition) is 2. The van der Waals surface area contributed by atoms with Crippen LogP contribution in [0.1, 0.15) is 27.5 Å². The number of aliphatic hydroxyl groups excluding tert-OH is 1. The maximum atomic E-state index is 12.2. The van der Waals surface area contributed by atoms with E-state index >= 15 is 0 Å². The van der Waals surface area contributed by atoms with Crippen molar-refractivity contribution in [2.75, 3.05) is 6.61 Å². The molecule has 2 rings (SSSR count). The van der Waals surface area contributed by atoms with E-state index in [0.717, 1.165) is 11.1 Å². The molecular formula is C16H16ClNO2. The number of carbonyl (C=O) groups is 1. The summed E-state index contributed by atoms with van der Waals surface area (Å²) in [7, 11) is 0. The smallest absolute Gasteiger partial charge is 0.251 e. The standard InChI is InChI=1S/C16H16ClNO2/c1-11-7-8-13(9-14(11)17)16(20)18-15(10-19)12-5-3-2-4-6-12/h2-9,15,19H,10H2,1H3,(H,18,20). The molecule has 0 aliphatic carbocycles. The van der Waals surface area contributed by atoms with Crippen molar-refractivity contribution >= 4 is 17.5 Å². The summed E-state index contributed by atoms with van der Waals surface area (Å²) in [5.41, 5.74) is 2.27. The van der Waals surface area contributed by atoms with Gasteiger partial charge in [-0.25, -0.2) is 0 Å². The fourth-order valence-electron chi connectivity index (χ4n) is 1.90.